The van der Waals surface area contributed by atoms with Crippen LogP contribution in [0, 0.1) is 9.39 Å². The van der Waals surface area contributed by atoms with Gasteiger partial charge in [0.25, 0.3) is 11.1 Å². The lowest BCUT2D eigenvalue weighted by Gasteiger charge is -2.12. The van der Waals surface area contributed by atoms with Crippen molar-refractivity contribution in [1.82, 2.24) is 4.90 Å². The lowest BCUT2D eigenvalue weighted by molar-refractivity contribution is -0.123. The summed E-state index contributed by atoms with van der Waals surface area (Å²) in [6.07, 6.45) is 1.67. The Morgan fingerprint density at radius 3 is 2.36 bits per heavy atom. The van der Waals surface area contributed by atoms with Crippen LogP contribution in [0.3, 0.4) is 0 Å². The molecule has 1 heterocycles. The summed E-state index contributed by atoms with van der Waals surface area (Å²) in [5.41, 5.74) is 2.42. The van der Waals surface area contributed by atoms with Gasteiger partial charge in [0.05, 0.1) is 18.6 Å². The van der Waals surface area contributed by atoms with Gasteiger partial charge in [0.15, 0.2) is 11.5 Å². The zero-order valence-electron chi connectivity index (χ0n) is 17.6. The van der Waals surface area contributed by atoms with Crippen LogP contribution >= 0.6 is 34.4 Å². The van der Waals surface area contributed by atoms with E-state index in [1.165, 1.54) is 24.1 Å². The second kappa shape index (κ2) is 10.4. The Morgan fingerprint density at radius 2 is 1.67 bits per heavy atom. The van der Waals surface area contributed by atoms with Crippen molar-refractivity contribution in [2.45, 2.75) is 13.2 Å². The smallest absolute Gasteiger partial charge is 0.293 e. The minimum Gasteiger partial charge on any atom is -0.493 e. The van der Waals surface area contributed by atoms with E-state index in [9.17, 15) is 14.0 Å². The fourth-order valence-corrected chi connectivity index (χ4v) is 4.39. The Kier molecular flexibility index (Phi) is 7.34. The summed E-state index contributed by atoms with van der Waals surface area (Å²) in [4.78, 5) is 26.9. The molecule has 1 saturated heterocycles. The first-order valence-electron chi connectivity index (χ1n) is 9.98. The Balaban J connectivity index is 1.47. The van der Waals surface area contributed by atoms with Gasteiger partial charge in [-0.2, -0.15) is 0 Å². The fourth-order valence-electron chi connectivity index (χ4n) is 3.19. The predicted molar refractivity (Wildman–Crippen MR) is 134 cm³/mol. The van der Waals surface area contributed by atoms with E-state index in [0.717, 1.165) is 26.5 Å². The van der Waals surface area contributed by atoms with Gasteiger partial charge in [0.2, 0.25) is 0 Å². The summed E-state index contributed by atoms with van der Waals surface area (Å²) in [6, 6.07) is 19.0. The molecular weight excluding hydrogens is 556 g/mol. The Hall–Kier alpha value is -2.85. The minimum absolute atomic E-state index is 0.235. The van der Waals surface area contributed by atoms with Gasteiger partial charge in [-0.3, -0.25) is 14.5 Å². The van der Waals surface area contributed by atoms with Crippen LogP contribution < -0.4 is 9.47 Å². The van der Waals surface area contributed by atoms with E-state index in [0.29, 0.717) is 22.0 Å². The van der Waals surface area contributed by atoms with Crippen LogP contribution in [0.4, 0.5) is 9.18 Å². The van der Waals surface area contributed by atoms with Crippen molar-refractivity contribution in [3.63, 3.8) is 0 Å². The first kappa shape index (κ1) is 23.3. The minimum atomic E-state index is -0.320. The van der Waals surface area contributed by atoms with Crippen molar-refractivity contribution >= 4 is 51.6 Å². The zero-order valence-corrected chi connectivity index (χ0v) is 20.6. The Bertz CT molecular complexity index is 1210. The maximum Gasteiger partial charge on any atom is 0.293 e. The number of hydrogen-bond donors (Lipinski definition) is 0. The highest BCUT2D eigenvalue weighted by atomic mass is 127. The molecule has 0 aromatic heterocycles. The number of imide groups is 1. The predicted octanol–water partition coefficient (Wildman–Crippen LogP) is 6.25. The molecule has 5 nitrogen and oxygen atoms in total. The molecule has 1 aliphatic heterocycles. The molecule has 2 amide bonds. The second-order valence-electron chi connectivity index (χ2n) is 7.22. The molecule has 3 aromatic rings. The van der Waals surface area contributed by atoms with Crippen molar-refractivity contribution in [2.75, 3.05) is 7.11 Å². The SMILES string of the molecule is COc1cc(/C=C2\SC(=O)N(Cc3ccc(I)cc3)C2=O)ccc1OCc1ccc(F)cc1. The summed E-state index contributed by atoms with van der Waals surface area (Å²) in [5.74, 6) is 0.387. The van der Waals surface area contributed by atoms with Crippen molar-refractivity contribution in [3.05, 3.63) is 97.7 Å². The number of halogens is 2. The van der Waals surface area contributed by atoms with Crippen LogP contribution in [-0.4, -0.2) is 23.2 Å². The molecule has 0 atom stereocenters. The molecule has 0 aliphatic carbocycles. The third kappa shape index (κ3) is 5.75. The lowest BCUT2D eigenvalue weighted by Crippen LogP contribution is -2.27. The number of amides is 2. The molecule has 8 heteroatoms. The summed E-state index contributed by atoms with van der Waals surface area (Å²) in [5, 5.41) is -0.295. The number of rotatable bonds is 7. The molecule has 0 bridgehead atoms. The second-order valence-corrected chi connectivity index (χ2v) is 9.46. The molecule has 1 fully saturated rings. The first-order chi connectivity index (χ1) is 15.9. The third-order valence-electron chi connectivity index (χ3n) is 4.92. The average molecular weight is 575 g/mol. The Morgan fingerprint density at radius 1 is 0.970 bits per heavy atom. The van der Waals surface area contributed by atoms with E-state index < -0.39 is 0 Å². The summed E-state index contributed by atoms with van der Waals surface area (Å²) >= 11 is 3.13. The first-order valence-corrected chi connectivity index (χ1v) is 11.9. The number of nitrogens with zero attached hydrogens (tertiary/aromatic N) is 1. The molecule has 0 N–H and O–H groups in total. The van der Waals surface area contributed by atoms with Gasteiger partial charge in [0.1, 0.15) is 12.4 Å². The van der Waals surface area contributed by atoms with Crippen LogP contribution in [0.5, 0.6) is 11.5 Å². The molecule has 0 radical (unpaired) electrons. The maximum atomic E-state index is 13.1. The number of ether oxygens (including phenoxy) is 2. The summed E-state index contributed by atoms with van der Waals surface area (Å²) in [7, 11) is 1.53. The quantitative estimate of drug-likeness (QED) is 0.246. The molecule has 3 aromatic carbocycles. The maximum absolute atomic E-state index is 13.1. The standard InChI is InChI=1S/C25H19FINO4S/c1-31-22-12-18(6-11-21(22)32-15-17-2-7-19(26)8-3-17)13-23-24(29)28(25(30)33-23)14-16-4-9-20(27)10-5-16/h2-13H,14-15H2,1H3/b23-13-. The average Bonchev–Trinajstić information content (AvgIpc) is 3.07. The number of methoxy groups -OCH3 is 1. The van der Waals surface area contributed by atoms with Crippen molar-refractivity contribution in [3.8, 4) is 11.5 Å². The molecule has 0 saturated carbocycles. The Labute approximate surface area is 208 Å². The number of carbonyl (C=O) groups excluding carboxylic acids is 2. The van der Waals surface area contributed by atoms with Gasteiger partial charge in [-0.15, -0.1) is 0 Å². The number of thioether (sulfide) groups is 1. The molecule has 4 rings (SSSR count). The van der Waals surface area contributed by atoms with Crippen molar-refractivity contribution in [1.29, 1.82) is 0 Å². The van der Waals surface area contributed by atoms with Crippen LogP contribution in [0.25, 0.3) is 6.08 Å². The largest absolute Gasteiger partial charge is 0.493 e. The topological polar surface area (TPSA) is 55.8 Å². The van der Waals surface area contributed by atoms with Crippen molar-refractivity contribution in [2.24, 2.45) is 0 Å². The highest BCUT2D eigenvalue weighted by molar-refractivity contribution is 14.1. The molecule has 0 unspecified atom stereocenters. The number of hydrogen-bond acceptors (Lipinski definition) is 5. The lowest BCUT2D eigenvalue weighted by atomic mass is 10.1. The monoisotopic (exact) mass is 575 g/mol. The zero-order chi connectivity index (χ0) is 23.4. The van der Waals surface area contributed by atoms with Crippen LogP contribution in [0.15, 0.2) is 71.6 Å². The molecule has 0 spiro atoms. The molecule has 168 valence electrons. The highest BCUT2D eigenvalue weighted by Gasteiger charge is 2.35. The van der Waals surface area contributed by atoms with Gasteiger partial charge in [-0.1, -0.05) is 30.3 Å². The van der Waals surface area contributed by atoms with E-state index in [1.807, 2.05) is 24.3 Å². The third-order valence-corrected chi connectivity index (χ3v) is 6.55. The van der Waals surface area contributed by atoms with E-state index in [1.54, 1.807) is 36.4 Å². The normalized spacial score (nSPS) is 14.8. The van der Waals surface area contributed by atoms with Crippen LogP contribution in [0.1, 0.15) is 16.7 Å². The van der Waals surface area contributed by atoms with E-state index >= 15 is 0 Å². The summed E-state index contributed by atoms with van der Waals surface area (Å²) < 4.78 is 25.4. The van der Waals surface area contributed by atoms with Crippen LogP contribution in [0.2, 0.25) is 0 Å². The molecule has 33 heavy (non-hydrogen) atoms. The molecular formula is C25H19FINO4S. The van der Waals surface area contributed by atoms with Crippen LogP contribution in [-0.2, 0) is 17.9 Å². The fraction of sp³-hybridized carbons (Fsp3) is 0.120. The summed E-state index contributed by atoms with van der Waals surface area (Å²) in [6.45, 7) is 0.492. The number of carbonyl (C=O) groups is 2. The van der Waals surface area contributed by atoms with Gasteiger partial charge < -0.3 is 9.47 Å². The van der Waals surface area contributed by atoms with Gasteiger partial charge in [-0.25, -0.2) is 4.39 Å². The molecule has 1 aliphatic rings. The van der Waals surface area contributed by atoms with Gasteiger partial charge in [-0.05, 0) is 93.5 Å². The number of benzene rings is 3. The van der Waals surface area contributed by atoms with E-state index in [-0.39, 0.29) is 30.1 Å². The van der Waals surface area contributed by atoms with Crippen molar-refractivity contribution < 1.29 is 23.5 Å². The van der Waals surface area contributed by atoms with Gasteiger partial charge >= 0.3 is 0 Å². The van der Waals surface area contributed by atoms with E-state index in [2.05, 4.69) is 22.6 Å². The highest BCUT2D eigenvalue weighted by Crippen LogP contribution is 2.35. The van der Waals surface area contributed by atoms with E-state index in [4.69, 9.17) is 9.47 Å². The van der Waals surface area contributed by atoms with Gasteiger partial charge in [0, 0.05) is 3.57 Å².